The Morgan fingerprint density at radius 3 is 2.58 bits per heavy atom. The van der Waals surface area contributed by atoms with Gasteiger partial charge in [-0.2, -0.15) is 0 Å². The zero-order valence-corrected chi connectivity index (χ0v) is 11.6. The Balaban J connectivity index is 1.74. The smallest absolute Gasteiger partial charge is 0.119 e. The molecule has 4 saturated carbocycles. The Morgan fingerprint density at radius 2 is 1.89 bits per heavy atom. The van der Waals surface area contributed by atoms with Crippen molar-refractivity contribution in [3.63, 3.8) is 0 Å². The van der Waals surface area contributed by atoms with Crippen molar-refractivity contribution in [1.82, 2.24) is 0 Å². The molecule has 1 aromatic rings. The molecule has 0 amide bonds. The highest BCUT2D eigenvalue weighted by molar-refractivity contribution is 5.36. The summed E-state index contributed by atoms with van der Waals surface area (Å²) in [4.78, 5) is 0. The third-order valence-corrected chi connectivity index (χ3v) is 6.03. The van der Waals surface area contributed by atoms with Gasteiger partial charge in [0.05, 0.1) is 7.11 Å². The van der Waals surface area contributed by atoms with Crippen molar-refractivity contribution in [3.8, 4) is 5.75 Å². The quantitative estimate of drug-likeness (QED) is 0.883. The topological polar surface area (TPSA) is 35.2 Å². The average Bonchev–Trinajstić information content (AvgIpc) is 2.44. The Labute approximate surface area is 115 Å². The van der Waals surface area contributed by atoms with E-state index in [4.69, 9.17) is 10.5 Å². The second-order valence-corrected chi connectivity index (χ2v) is 7.06. The average molecular weight is 257 g/mol. The minimum Gasteiger partial charge on any atom is -0.497 e. The third-order valence-electron chi connectivity index (χ3n) is 6.03. The number of nitrogens with two attached hydrogens (primary N) is 1. The summed E-state index contributed by atoms with van der Waals surface area (Å²) in [6, 6.07) is 9.23. The van der Waals surface area contributed by atoms with E-state index in [1.165, 1.54) is 37.7 Å². The van der Waals surface area contributed by atoms with Crippen molar-refractivity contribution in [3.05, 3.63) is 29.8 Å². The minimum atomic E-state index is 0.404. The standard InChI is InChI=1S/C17H23NO/c1-19-15-4-2-3-14(7-15)17-8-11-5-12(9-17)16(18)13(6-11)10-17/h2-4,7,11-13,16H,5-6,8-10,18H2,1H3. The molecule has 2 atom stereocenters. The molecule has 0 aromatic heterocycles. The van der Waals surface area contributed by atoms with Gasteiger partial charge in [0.25, 0.3) is 0 Å². The second kappa shape index (κ2) is 3.99. The Bertz CT molecular complexity index is 482. The molecule has 4 bridgehead atoms. The van der Waals surface area contributed by atoms with E-state index in [2.05, 4.69) is 24.3 Å². The van der Waals surface area contributed by atoms with Crippen LogP contribution in [-0.2, 0) is 5.41 Å². The van der Waals surface area contributed by atoms with E-state index in [1.807, 2.05) is 0 Å². The van der Waals surface area contributed by atoms with Gasteiger partial charge in [-0.05, 0) is 73.0 Å². The molecule has 2 heteroatoms. The lowest BCUT2D eigenvalue weighted by atomic mass is 9.46. The van der Waals surface area contributed by atoms with Crippen LogP contribution in [0.3, 0.4) is 0 Å². The summed E-state index contributed by atoms with van der Waals surface area (Å²) in [5.74, 6) is 3.44. The highest BCUT2D eigenvalue weighted by atomic mass is 16.5. The van der Waals surface area contributed by atoms with Gasteiger partial charge >= 0.3 is 0 Å². The molecular weight excluding hydrogens is 234 g/mol. The molecule has 0 spiro atoms. The van der Waals surface area contributed by atoms with Gasteiger partial charge < -0.3 is 10.5 Å². The summed E-state index contributed by atoms with van der Waals surface area (Å²) in [5.41, 5.74) is 8.34. The van der Waals surface area contributed by atoms with Crippen LogP contribution in [0, 0.1) is 17.8 Å². The van der Waals surface area contributed by atoms with Crippen LogP contribution >= 0.6 is 0 Å². The van der Waals surface area contributed by atoms with E-state index in [0.29, 0.717) is 11.5 Å². The van der Waals surface area contributed by atoms with Crippen LogP contribution in [0.4, 0.5) is 0 Å². The molecule has 0 aliphatic heterocycles. The summed E-state index contributed by atoms with van der Waals surface area (Å²) in [6.07, 6.45) is 6.73. The molecule has 0 saturated heterocycles. The lowest BCUT2D eigenvalue weighted by Gasteiger charge is -2.59. The van der Waals surface area contributed by atoms with Gasteiger partial charge in [0.2, 0.25) is 0 Å². The highest BCUT2D eigenvalue weighted by Gasteiger charge is 2.54. The van der Waals surface area contributed by atoms with Crippen molar-refractivity contribution in [1.29, 1.82) is 0 Å². The lowest BCUT2D eigenvalue weighted by molar-refractivity contribution is -0.0227. The summed E-state index contributed by atoms with van der Waals surface area (Å²) in [5, 5.41) is 0. The first kappa shape index (κ1) is 11.8. The molecule has 1 aromatic carbocycles. The van der Waals surface area contributed by atoms with E-state index < -0.39 is 0 Å². The van der Waals surface area contributed by atoms with Crippen LogP contribution in [-0.4, -0.2) is 13.2 Å². The van der Waals surface area contributed by atoms with Crippen molar-refractivity contribution in [2.24, 2.45) is 23.5 Å². The second-order valence-electron chi connectivity index (χ2n) is 7.06. The molecule has 0 radical (unpaired) electrons. The molecular formula is C17H23NO. The number of rotatable bonds is 2. The number of hydrogen-bond donors (Lipinski definition) is 1. The fraction of sp³-hybridized carbons (Fsp3) is 0.647. The van der Waals surface area contributed by atoms with Crippen molar-refractivity contribution < 1.29 is 4.74 Å². The fourth-order valence-electron chi connectivity index (χ4n) is 5.37. The van der Waals surface area contributed by atoms with Gasteiger partial charge in [0, 0.05) is 6.04 Å². The molecule has 0 heterocycles. The van der Waals surface area contributed by atoms with Crippen LogP contribution in [0.2, 0.25) is 0 Å². The van der Waals surface area contributed by atoms with Crippen molar-refractivity contribution in [2.45, 2.75) is 43.6 Å². The number of hydrogen-bond acceptors (Lipinski definition) is 2. The van der Waals surface area contributed by atoms with Crippen LogP contribution in [0.25, 0.3) is 0 Å². The zero-order valence-electron chi connectivity index (χ0n) is 11.6. The lowest BCUT2D eigenvalue weighted by Crippen LogP contribution is -2.58. The van der Waals surface area contributed by atoms with E-state index in [-0.39, 0.29) is 0 Å². The normalized spacial score (nSPS) is 43.5. The maximum atomic E-state index is 6.44. The predicted molar refractivity (Wildman–Crippen MR) is 76.2 cm³/mol. The number of ether oxygens (including phenoxy) is 1. The monoisotopic (exact) mass is 257 g/mol. The molecule has 4 fully saturated rings. The van der Waals surface area contributed by atoms with Gasteiger partial charge in [-0.3, -0.25) is 0 Å². The van der Waals surface area contributed by atoms with Crippen LogP contribution in [0.15, 0.2) is 24.3 Å². The van der Waals surface area contributed by atoms with Crippen molar-refractivity contribution in [2.75, 3.05) is 7.11 Å². The Kier molecular flexibility index (Phi) is 2.47. The molecule has 4 aliphatic carbocycles. The molecule has 2 unspecified atom stereocenters. The SMILES string of the molecule is COc1cccc(C23CC4CC(C2)C(N)C(C4)C3)c1. The van der Waals surface area contributed by atoms with E-state index in [1.54, 1.807) is 7.11 Å². The summed E-state index contributed by atoms with van der Waals surface area (Å²) in [6.45, 7) is 0. The minimum absolute atomic E-state index is 0.404. The van der Waals surface area contributed by atoms with E-state index in [9.17, 15) is 0 Å². The predicted octanol–water partition coefficient (Wildman–Crippen LogP) is 3.10. The first-order valence-electron chi connectivity index (χ1n) is 7.60. The van der Waals surface area contributed by atoms with E-state index >= 15 is 0 Å². The fourth-order valence-corrected chi connectivity index (χ4v) is 5.37. The van der Waals surface area contributed by atoms with Gasteiger partial charge in [-0.1, -0.05) is 12.1 Å². The Hall–Kier alpha value is -1.02. The molecule has 102 valence electrons. The number of methoxy groups -OCH3 is 1. The highest BCUT2D eigenvalue weighted by Crippen LogP contribution is 2.60. The summed E-state index contributed by atoms with van der Waals surface area (Å²) in [7, 11) is 1.76. The maximum absolute atomic E-state index is 6.44. The summed E-state index contributed by atoms with van der Waals surface area (Å²) >= 11 is 0. The molecule has 5 rings (SSSR count). The van der Waals surface area contributed by atoms with Gasteiger partial charge in [-0.15, -0.1) is 0 Å². The molecule has 19 heavy (non-hydrogen) atoms. The Morgan fingerprint density at radius 1 is 1.16 bits per heavy atom. The summed E-state index contributed by atoms with van der Waals surface area (Å²) < 4.78 is 5.41. The van der Waals surface area contributed by atoms with E-state index in [0.717, 1.165) is 23.5 Å². The molecule has 2 N–H and O–H groups in total. The largest absolute Gasteiger partial charge is 0.497 e. The van der Waals surface area contributed by atoms with Crippen LogP contribution in [0.5, 0.6) is 5.75 Å². The van der Waals surface area contributed by atoms with Crippen LogP contribution in [0.1, 0.15) is 37.7 Å². The molecule has 2 nitrogen and oxygen atoms in total. The van der Waals surface area contributed by atoms with Gasteiger partial charge in [-0.25, -0.2) is 0 Å². The molecule has 4 aliphatic rings. The van der Waals surface area contributed by atoms with Crippen molar-refractivity contribution >= 4 is 0 Å². The third kappa shape index (κ3) is 1.66. The first-order valence-corrected chi connectivity index (χ1v) is 7.60. The van der Waals surface area contributed by atoms with Gasteiger partial charge in [0.15, 0.2) is 0 Å². The number of benzene rings is 1. The van der Waals surface area contributed by atoms with Gasteiger partial charge in [0.1, 0.15) is 5.75 Å². The first-order chi connectivity index (χ1) is 9.20. The maximum Gasteiger partial charge on any atom is 0.119 e. The zero-order chi connectivity index (χ0) is 13.0. The van der Waals surface area contributed by atoms with Crippen LogP contribution < -0.4 is 10.5 Å².